The molecule has 8 rings (SSSR count). The van der Waals surface area contributed by atoms with Crippen LogP contribution in [0.15, 0.2) is 59.6 Å². The number of hydrogen-bond donors (Lipinski definition) is 1. The molecule has 41 heavy (non-hydrogen) atoms. The molecule has 9 heteroatoms. The Morgan fingerprint density at radius 1 is 1.02 bits per heavy atom. The first-order valence-corrected chi connectivity index (χ1v) is 15.6. The molecule has 2 aromatic carbocycles. The Balaban J connectivity index is 1.19. The van der Waals surface area contributed by atoms with E-state index in [1.807, 2.05) is 43.3 Å². The standard InChI is InChI=1S/C32H30ClN5O2S/c1-19-36-37-30-32(11-12-32)34-27(22-9-5-6-10-24(22)33)26-23-17-20(18-25(23)41-29(26)38(19)30)28(39)35-31(13-15-40-16-14-31)21-7-3-2-4-8-21/h2-10,20H,11-18H2,1H3,(H,35,39)/t20-/m0/s1. The lowest BCUT2D eigenvalue weighted by Crippen LogP contribution is -2.51. The number of aromatic nitrogens is 3. The first kappa shape index (κ1) is 25.4. The molecule has 1 N–H and O–H groups in total. The Labute approximate surface area is 247 Å². The van der Waals surface area contributed by atoms with Crippen LogP contribution in [0.4, 0.5) is 0 Å². The van der Waals surface area contributed by atoms with Gasteiger partial charge in [-0.25, -0.2) is 0 Å². The van der Waals surface area contributed by atoms with Crippen LogP contribution < -0.4 is 5.32 Å². The van der Waals surface area contributed by atoms with Crippen LogP contribution in [0.3, 0.4) is 0 Å². The summed E-state index contributed by atoms with van der Waals surface area (Å²) in [5.41, 5.74) is 4.51. The van der Waals surface area contributed by atoms with Crippen LogP contribution in [0.2, 0.25) is 5.02 Å². The molecule has 4 aromatic rings. The molecule has 2 fully saturated rings. The van der Waals surface area contributed by atoms with E-state index in [0.29, 0.717) is 31.1 Å². The second-order valence-corrected chi connectivity index (χ2v) is 13.2. The van der Waals surface area contributed by atoms with Gasteiger partial charge in [-0.05, 0) is 62.6 Å². The third kappa shape index (κ3) is 3.95. The molecule has 1 atom stereocenters. The zero-order chi connectivity index (χ0) is 27.8. The van der Waals surface area contributed by atoms with Crippen molar-refractivity contribution in [3.05, 3.63) is 98.4 Å². The van der Waals surface area contributed by atoms with Crippen molar-refractivity contribution in [2.24, 2.45) is 10.9 Å². The van der Waals surface area contributed by atoms with Crippen LogP contribution in [0.1, 0.15) is 64.5 Å². The second-order valence-electron chi connectivity index (χ2n) is 11.7. The molecule has 4 aliphatic rings. The number of hydrogen-bond acceptors (Lipinski definition) is 6. The van der Waals surface area contributed by atoms with Crippen molar-refractivity contribution < 1.29 is 9.53 Å². The van der Waals surface area contributed by atoms with E-state index < -0.39 is 5.54 Å². The number of nitrogens with one attached hydrogen (secondary N) is 1. The van der Waals surface area contributed by atoms with Crippen LogP contribution in [0, 0.1) is 12.8 Å². The first-order valence-electron chi connectivity index (χ1n) is 14.4. The average Bonchev–Trinajstić information content (AvgIpc) is 3.32. The maximum atomic E-state index is 14.0. The molecule has 1 spiro atoms. The van der Waals surface area contributed by atoms with E-state index in [-0.39, 0.29) is 17.4 Å². The Morgan fingerprint density at radius 2 is 1.78 bits per heavy atom. The Bertz CT molecular complexity index is 1710. The fourth-order valence-corrected chi connectivity index (χ4v) is 8.52. The Hall–Kier alpha value is -3.33. The summed E-state index contributed by atoms with van der Waals surface area (Å²) >= 11 is 8.55. The lowest BCUT2D eigenvalue weighted by atomic mass is 9.82. The third-order valence-electron chi connectivity index (χ3n) is 9.22. The van der Waals surface area contributed by atoms with Gasteiger partial charge in [-0.3, -0.25) is 14.4 Å². The van der Waals surface area contributed by atoms with Crippen molar-refractivity contribution in [3.63, 3.8) is 0 Å². The number of thiophene rings is 1. The average molecular weight is 584 g/mol. The lowest BCUT2D eigenvalue weighted by Gasteiger charge is -2.39. The summed E-state index contributed by atoms with van der Waals surface area (Å²) in [4.78, 5) is 20.6. The van der Waals surface area contributed by atoms with Crippen LogP contribution in [-0.2, 0) is 33.5 Å². The van der Waals surface area contributed by atoms with Gasteiger partial charge in [0.05, 0.1) is 11.3 Å². The topological polar surface area (TPSA) is 81.4 Å². The van der Waals surface area contributed by atoms with Gasteiger partial charge < -0.3 is 10.1 Å². The van der Waals surface area contributed by atoms with E-state index in [1.165, 1.54) is 10.4 Å². The van der Waals surface area contributed by atoms with E-state index in [9.17, 15) is 4.79 Å². The normalized spacial score (nSPS) is 21.4. The molecule has 1 saturated carbocycles. The summed E-state index contributed by atoms with van der Waals surface area (Å²) in [7, 11) is 0. The van der Waals surface area contributed by atoms with E-state index in [0.717, 1.165) is 64.7 Å². The molecular weight excluding hydrogens is 554 g/mol. The number of carbonyl (C=O) groups excluding carboxylic acids is 1. The van der Waals surface area contributed by atoms with Crippen molar-refractivity contribution in [3.8, 4) is 5.00 Å². The SMILES string of the molecule is Cc1nnc2n1-c1sc3c(c1C(c1ccccc1Cl)=NC21CC1)C[C@H](C(=O)NC1(c2ccccc2)CCOCC1)C3. The number of halogens is 1. The van der Waals surface area contributed by atoms with Crippen molar-refractivity contribution in [2.45, 2.75) is 56.5 Å². The molecule has 0 unspecified atom stereocenters. The van der Waals surface area contributed by atoms with Crippen LogP contribution >= 0.6 is 22.9 Å². The van der Waals surface area contributed by atoms with Crippen molar-refractivity contribution in [2.75, 3.05) is 13.2 Å². The zero-order valence-electron chi connectivity index (χ0n) is 22.8. The first-order chi connectivity index (χ1) is 20.0. The maximum Gasteiger partial charge on any atom is 0.224 e. The fraction of sp³-hybridized carbons (Fsp3) is 0.375. The predicted molar refractivity (Wildman–Crippen MR) is 159 cm³/mol. The minimum absolute atomic E-state index is 0.109. The third-order valence-corrected chi connectivity index (χ3v) is 10.8. The molecule has 0 radical (unpaired) electrons. The predicted octanol–water partition coefficient (Wildman–Crippen LogP) is 5.67. The van der Waals surface area contributed by atoms with Crippen molar-refractivity contribution in [1.29, 1.82) is 0 Å². The number of fused-ring (bicyclic) bond motifs is 6. The number of amides is 1. The Kier molecular flexibility index (Phi) is 5.78. The van der Waals surface area contributed by atoms with E-state index in [4.69, 9.17) is 21.3 Å². The largest absolute Gasteiger partial charge is 0.381 e. The number of ether oxygens (including phenoxy) is 1. The zero-order valence-corrected chi connectivity index (χ0v) is 24.4. The summed E-state index contributed by atoms with van der Waals surface area (Å²) in [6, 6.07) is 18.3. The van der Waals surface area contributed by atoms with Gasteiger partial charge in [0, 0.05) is 40.2 Å². The van der Waals surface area contributed by atoms with Gasteiger partial charge in [0.25, 0.3) is 0 Å². The highest BCUT2D eigenvalue weighted by Crippen LogP contribution is 2.54. The van der Waals surface area contributed by atoms with Crippen LogP contribution in [0.5, 0.6) is 0 Å². The summed E-state index contributed by atoms with van der Waals surface area (Å²) < 4.78 is 7.91. The molecule has 0 bridgehead atoms. The number of aliphatic imine (C=N–C) groups is 1. The van der Waals surface area contributed by atoms with Crippen molar-refractivity contribution in [1.82, 2.24) is 20.1 Å². The Morgan fingerprint density at radius 3 is 2.54 bits per heavy atom. The smallest absolute Gasteiger partial charge is 0.224 e. The number of rotatable bonds is 4. The van der Waals surface area contributed by atoms with Gasteiger partial charge in [-0.1, -0.05) is 60.1 Å². The van der Waals surface area contributed by atoms with Gasteiger partial charge in [0.15, 0.2) is 5.82 Å². The molecular formula is C32H30ClN5O2S. The molecule has 1 saturated heterocycles. The quantitative estimate of drug-likeness (QED) is 0.336. The second kappa shape index (κ2) is 9.34. The maximum absolute atomic E-state index is 14.0. The van der Waals surface area contributed by atoms with Crippen LogP contribution in [0.25, 0.3) is 5.00 Å². The van der Waals surface area contributed by atoms with Gasteiger partial charge in [0.2, 0.25) is 5.91 Å². The molecule has 4 heterocycles. The molecule has 2 aromatic heterocycles. The monoisotopic (exact) mass is 583 g/mol. The minimum Gasteiger partial charge on any atom is -0.381 e. The summed E-state index contributed by atoms with van der Waals surface area (Å²) in [6.07, 6.45) is 4.79. The number of carbonyl (C=O) groups is 1. The number of benzene rings is 2. The highest BCUT2D eigenvalue weighted by Gasteiger charge is 2.52. The molecule has 2 aliphatic heterocycles. The molecule has 7 nitrogen and oxygen atoms in total. The van der Waals surface area contributed by atoms with Gasteiger partial charge in [0.1, 0.15) is 16.4 Å². The van der Waals surface area contributed by atoms with Gasteiger partial charge >= 0.3 is 0 Å². The van der Waals surface area contributed by atoms with E-state index in [1.54, 1.807) is 11.3 Å². The van der Waals surface area contributed by atoms with Gasteiger partial charge in [-0.2, -0.15) is 0 Å². The van der Waals surface area contributed by atoms with Crippen LogP contribution in [-0.4, -0.2) is 39.6 Å². The molecule has 1 amide bonds. The minimum atomic E-state index is -0.402. The van der Waals surface area contributed by atoms with Crippen molar-refractivity contribution >= 4 is 34.6 Å². The molecule has 2 aliphatic carbocycles. The highest BCUT2D eigenvalue weighted by atomic mass is 35.5. The lowest BCUT2D eigenvalue weighted by molar-refractivity contribution is -0.128. The summed E-state index contributed by atoms with van der Waals surface area (Å²) in [5, 5.41) is 14.4. The highest BCUT2D eigenvalue weighted by molar-refractivity contribution is 7.15. The summed E-state index contributed by atoms with van der Waals surface area (Å²) in [5.74, 6) is 1.74. The molecule has 208 valence electrons. The number of aryl methyl sites for hydroxylation is 1. The van der Waals surface area contributed by atoms with E-state index >= 15 is 0 Å². The van der Waals surface area contributed by atoms with Gasteiger partial charge in [-0.15, -0.1) is 21.5 Å². The number of nitrogens with zero attached hydrogens (tertiary/aromatic N) is 4. The summed E-state index contributed by atoms with van der Waals surface area (Å²) in [6.45, 7) is 3.29. The van der Waals surface area contributed by atoms with E-state index in [2.05, 4.69) is 38.3 Å². The fourth-order valence-electron chi connectivity index (χ4n) is 6.84.